The summed E-state index contributed by atoms with van der Waals surface area (Å²) >= 11 is 0. The molecule has 132 valence electrons. The van der Waals surface area contributed by atoms with Crippen LogP contribution in [0.15, 0.2) is 48.5 Å². The number of hydrogen-bond donors (Lipinski definition) is 2. The maximum absolute atomic E-state index is 13.9. The minimum atomic E-state index is -0.452. The zero-order valence-corrected chi connectivity index (χ0v) is 13.8. The predicted molar refractivity (Wildman–Crippen MR) is 91.9 cm³/mol. The number of nitrogens with one attached hydrogen (secondary N) is 1. The second kappa shape index (κ2) is 7.98. The Labute approximate surface area is 146 Å². The first-order valence-electron chi connectivity index (χ1n) is 8.30. The number of ether oxygens (including phenoxy) is 1. The van der Waals surface area contributed by atoms with Crippen molar-refractivity contribution in [3.63, 3.8) is 0 Å². The number of morpholine rings is 1. The molecular formula is C19H21FN2O3. The van der Waals surface area contributed by atoms with Gasteiger partial charge >= 0.3 is 6.03 Å². The van der Waals surface area contributed by atoms with E-state index in [0.29, 0.717) is 38.2 Å². The molecule has 0 spiro atoms. The molecule has 5 nitrogen and oxygen atoms in total. The predicted octanol–water partition coefficient (Wildman–Crippen LogP) is 2.86. The van der Waals surface area contributed by atoms with Crippen LogP contribution in [-0.4, -0.2) is 42.3 Å². The second-order valence-corrected chi connectivity index (χ2v) is 5.98. The van der Waals surface area contributed by atoms with E-state index in [4.69, 9.17) is 4.74 Å². The first-order chi connectivity index (χ1) is 12.1. The number of amides is 2. The van der Waals surface area contributed by atoms with Gasteiger partial charge in [0.15, 0.2) is 0 Å². The van der Waals surface area contributed by atoms with E-state index in [0.717, 1.165) is 5.56 Å². The number of phenols is 1. The number of aromatic hydroxyl groups is 1. The van der Waals surface area contributed by atoms with E-state index in [9.17, 15) is 14.3 Å². The minimum absolute atomic E-state index is 0.190. The van der Waals surface area contributed by atoms with Crippen LogP contribution in [0.5, 0.6) is 5.75 Å². The number of carbonyl (C=O) groups is 1. The Morgan fingerprint density at radius 2 is 2.12 bits per heavy atom. The molecular weight excluding hydrogens is 323 g/mol. The summed E-state index contributed by atoms with van der Waals surface area (Å²) in [7, 11) is 0. The fraction of sp³-hybridized carbons (Fsp3) is 0.316. The normalized spacial score (nSPS) is 17.3. The van der Waals surface area contributed by atoms with Gasteiger partial charge < -0.3 is 20.1 Å². The molecule has 0 unspecified atom stereocenters. The van der Waals surface area contributed by atoms with Crippen molar-refractivity contribution < 1.29 is 19.0 Å². The average Bonchev–Trinajstić information content (AvgIpc) is 2.62. The van der Waals surface area contributed by atoms with Crippen molar-refractivity contribution in [1.82, 2.24) is 10.2 Å². The topological polar surface area (TPSA) is 61.8 Å². The van der Waals surface area contributed by atoms with Gasteiger partial charge in [0, 0.05) is 18.7 Å². The number of urea groups is 1. The highest BCUT2D eigenvalue weighted by molar-refractivity contribution is 5.74. The van der Waals surface area contributed by atoms with E-state index >= 15 is 0 Å². The van der Waals surface area contributed by atoms with Crippen molar-refractivity contribution >= 4 is 6.03 Å². The van der Waals surface area contributed by atoms with Crippen molar-refractivity contribution in [3.8, 4) is 5.75 Å². The van der Waals surface area contributed by atoms with Gasteiger partial charge in [-0.2, -0.15) is 0 Å². The van der Waals surface area contributed by atoms with Crippen LogP contribution in [0.25, 0.3) is 0 Å². The van der Waals surface area contributed by atoms with Crippen molar-refractivity contribution in [1.29, 1.82) is 0 Å². The van der Waals surface area contributed by atoms with E-state index in [-0.39, 0.29) is 17.6 Å². The Morgan fingerprint density at radius 1 is 1.28 bits per heavy atom. The molecule has 2 aromatic carbocycles. The lowest BCUT2D eigenvalue weighted by Gasteiger charge is -2.33. The Morgan fingerprint density at radius 3 is 2.92 bits per heavy atom. The smallest absolute Gasteiger partial charge is 0.317 e. The summed E-state index contributed by atoms with van der Waals surface area (Å²) in [6, 6.07) is 13.2. The third-order valence-corrected chi connectivity index (χ3v) is 4.21. The highest BCUT2D eigenvalue weighted by atomic mass is 19.1. The highest BCUT2D eigenvalue weighted by Crippen LogP contribution is 2.24. The summed E-state index contributed by atoms with van der Waals surface area (Å²) in [5.41, 5.74) is 1.42. The molecule has 1 heterocycles. The summed E-state index contributed by atoms with van der Waals surface area (Å²) in [6.45, 7) is 1.63. The summed E-state index contributed by atoms with van der Waals surface area (Å²) < 4.78 is 19.5. The number of benzene rings is 2. The van der Waals surface area contributed by atoms with Gasteiger partial charge in [-0.3, -0.25) is 0 Å². The largest absolute Gasteiger partial charge is 0.508 e. The van der Waals surface area contributed by atoms with Gasteiger partial charge in [-0.15, -0.1) is 0 Å². The molecule has 1 fully saturated rings. The molecule has 0 radical (unpaired) electrons. The van der Waals surface area contributed by atoms with Crippen LogP contribution in [0.4, 0.5) is 9.18 Å². The highest BCUT2D eigenvalue weighted by Gasteiger charge is 2.26. The summed E-state index contributed by atoms with van der Waals surface area (Å²) in [5, 5.41) is 12.3. The zero-order chi connectivity index (χ0) is 17.6. The molecule has 0 aliphatic carbocycles. The van der Waals surface area contributed by atoms with Gasteiger partial charge in [0.05, 0.1) is 13.2 Å². The standard InChI is InChI=1S/C19H21FN2O3/c20-17-7-2-1-6-16(17)18-13-22(10-11-25-18)19(24)21-9-8-14-4-3-5-15(23)12-14/h1-7,12,18,23H,8-11,13H2,(H,21,24)/t18-/m1/s1. The van der Waals surface area contributed by atoms with Crippen LogP contribution >= 0.6 is 0 Å². The molecule has 0 bridgehead atoms. The van der Waals surface area contributed by atoms with Crippen LogP contribution in [0.1, 0.15) is 17.2 Å². The van der Waals surface area contributed by atoms with E-state index in [1.807, 2.05) is 6.07 Å². The SMILES string of the molecule is O=C(NCCc1cccc(O)c1)N1CCO[C@@H](c2ccccc2F)C1. The van der Waals surface area contributed by atoms with Gasteiger partial charge in [0.1, 0.15) is 17.7 Å². The number of halogens is 1. The third kappa shape index (κ3) is 4.48. The Hall–Kier alpha value is -2.60. The quantitative estimate of drug-likeness (QED) is 0.897. The molecule has 25 heavy (non-hydrogen) atoms. The first kappa shape index (κ1) is 17.2. The number of phenolic OH excluding ortho intramolecular Hbond substituents is 1. The number of rotatable bonds is 4. The molecule has 2 aromatic rings. The third-order valence-electron chi connectivity index (χ3n) is 4.21. The summed E-state index contributed by atoms with van der Waals surface area (Å²) in [4.78, 5) is 14.0. The lowest BCUT2D eigenvalue weighted by Crippen LogP contribution is -2.47. The number of nitrogens with zero attached hydrogens (tertiary/aromatic N) is 1. The van der Waals surface area contributed by atoms with Crippen molar-refractivity contribution in [3.05, 3.63) is 65.5 Å². The average molecular weight is 344 g/mol. The van der Waals surface area contributed by atoms with Gasteiger partial charge in [0.2, 0.25) is 0 Å². The van der Waals surface area contributed by atoms with Gasteiger partial charge in [-0.05, 0) is 30.2 Å². The molecule has 1 aliphatic heterocycles. The zero-order valence-electron chi connectivity index (χ0n) is 13.8. The second-order valence-electron chi connectivity index (χ2n) is 5.98. The van der Waals surface area contributed by atoms with Crippen LogP contribution in [-0.2, 0) is 11.2 Å². The number of carbonyl (C=O) groups excluding carboxylic acids is 1. The van der Waals surface area contributed by atoms with Crippen LogP contribution in [0.3, 0.4) is 0 Å². The summed E-state index contributed by atoms with van der Waals surface area (Å²) in [6.07, 6.45) is 0.174. The summed E-state index contributed by atoms with van der Waals surface area (Å²) in [5.74, 6) is -0.108. The maximum atomic E-state index is 13.9. The van der Waals surface area contributed by atoms with E-state index in [2.05, 4.69) is 5.32 Å². The molecule has 1 aliphatic rings. The fourth-order valence-electron chi connectivity index (χ4n) is 2.90. The molecule has 6 heteroatoms. The van der Waals surface area contributed by atoms with E-state index in [1.54, 1.807) is 41.3 Å². The molecule has 0 aromatic heterocycles. The van der Waals surface area contributed by atoms with Gasteiger partial charge in [-0.25, -0.2) is 9.18 Å². The lowest BCUT2D eigenvalue weighted by atomic mass is 10.1. The molecule has 2 N–H and O–H groups in total. The monoisotopic (exact) mass is 344 g/mol. The molecule has 3 rings (SSSR count). The number of hydrogen-bond acceptors (Lipinski definition) is 3. The maximum Gasteiger partial charge on any atom is 0.317 e. The van der Waals surface area contributed by atoms with Crippen molar-refractivity contribution in [2.45, 2.75) is 12.5 Å². The van der Waals surface area contributed by atoms with Gasteiger partial charge in [0.25, 0.3) is 0 Å². The first-order valence-corrected chi connectivity index (χ1v) is 8.30. The lowest BCUT2D eigenvalue weighted by molar-refractivity contribution is -0.0170. The van der Waals surface area contributed by atoms with Crippen molar-refractivity contribution in [2.75, 3.05) is 26.2 Å². The van der Waals surface area contributed by atoms with E-state index in [1.165, 1.54) is 6.07 Å². The Bertz CT molecular complexity index is 738. The Kier molecular flexibility index (Phi) is 5.50. The fourth-order valence-corrected chi connectivity index (χ4v) is 2.90. The molecule has 1 saturated heterocycles. The minimum Gasteiger partial charge on any atom is -0.508 e. The van der Waals surface area contributed by atoms with Crippen molar-refractivity contribution in [2.24, 2.45) is 0 Å². The van der Waals surface area contributed by atoms with E-state index < -0.39 is 6.10 Å². The molecule has 2 amide bonds. The molecule has 1 atom stereocenters. The Balaban J connectivity index is 1.52. The van der Waals surface area contributed by atoms with Gasteiger partial charge in [-0.1, -0.05) is 30.3 Å². The molecule has 0 saturated carbocycles. The van der Waals surface area contributed by atoms with Crippen LogP contribution in [0, 0.1) is 5.82 Å². The van der Waals surface area contributed by atoms with Crippen LogP contribution < -0.4 is 5.32 Å². The van der Waals surface area contributed by atoms with Crippen LogP contribution in [0.2, 0.25) is 0 Å².